The van der Waals surface area contributed by atoms with Gasteiger partial charge in [0.15, 0.2) is 0 Å². The highest BCUT2D eigenvalue weighted by atomic mass is 32.2. The zero-order valence-corrected chi connectivity index (χ0v) is 19.6. The van der Waals surface area contributed by atoms with E-state index in [2.05, 4.69) is 12.6 Å². The Bertz CT molecular complexity index is 1170. The first-order valence-electron chi connectivity index (χ1n) is 11.4. The maximum absolute atomic E-state index is 13.2. The number of aryl methyl sites for hydroxylation is 2. The molecular weight excluding hydrogens is 434 g/mol. The Morgan fingerprint density at radius 3 is 2.48 bits per heavy atom. The number of nitriles is 1. The van der Waals surface area contributed by atoms with Crippen molar-refractivity contribution in [3.05, 3.63) is 77.4 Å². The minimum Gasteiger partial charge on any atom is -0.334 e. The van der Waals surface area contributed by atoms with Crippen molar-refractivity contribution in [1.82, 2.24) is 9.21 Å². The lowest BCUT2D eigenvalue weighted by atomic mass is 9.96. The lowest BCUT2D eigenvalue weighted by Gasteiger charge is -2.33. The van der Waals surface area contributed by atoms with Crippen LogP contribution >= 0.6 is 0 Å². The van der Waals surface area contributed by atoms with Crippen molar-refractivity contribution < 1.29 is 13.2 Å². The first-order chi connectivity index (χ1) is 15.9. The molecule has 0 spiro atoms. The molecule has 0 bridgehead atoms. The molecule has 33 heavy (non-hydrogen) atoms. The molecule has 4 rings (SSSR count). The summed E-state index contributed by atoms with van der Waals surface area (Å²) in [7, 11) is -3.55. The van der Waals surface area contributed by atoms with Gasteiger partial charge in [-0.3, -0.25) is 4.79 Å². The third kappa shape index (κ3) is 5.02. The normalized spacial score (nSPS) is 16.7. The molecule has 172 valence electrons. The highest BCUT2D eigenvalue weighted by Crippen LogP contribution is 2.29. The van der Waals surface area contributed by atoms with Gasteiger partial charge in [-0.15, -0.1) is 6.58 Å². The molecule has 0 N–H and O–H groups in total. The van der Waals surface area contributed by atoms with E-state index in [1.165, 1.54) is 9.87 Å². The first kappa shape index (κ1) is 23.2. The Balaban J connectivity index is 1.40. The van der Waals surface area contributed by atoms with Crippen LogP contribution in [0.15, 0.2) is 60.0 Å². The van der Waals surface area contributed by atoms with Crippen molar-refractivity contribution in [2.24, 2.45) is 5.92 Å². The summed E-state index contributed by atoms with van der Waals surface area (Å²) in [4.78, 5) is 15.3. The van der Waals surface area contributed by atoms with Gasteiger partial charge in [-0.2, -0.15) is 9.57 Å². The van der Waals surface area contributed by atoms with Crippen molar-refractivity contribution in [3.8, 4) is 6.07 Å². The Morgan fingerprint density at radius 2 is 1.82 bits per heavy atom. The molecule has 0 unspecified atom stereocenters. The number of benzene rings is 2. The fourth-order valence-electron chi connectivity index (χ4n) is 4.75. The van der Waals surface area contributed by atoms with E-state index < -0.39 is 10.0 Å². The Morgan fingerprint density at radius 1 is 1.12 bits per heavy atom. The maximum atomic E-state index is 13.2. The molecule has 2 aromatic rings. The van der Waals surface area contributed by atoms with Gasteiger partial charge >= 0.3 is 0 Å². The summed E-state index contributed by atoms with van der Waals surface area (Å²) in [5.41, 5.74) is 3.92. The molecule has 6 nitrogen and oxygen atoms in total. The SMILES string of the molecule is C=CCN(Cc1ccc(C#N)cc1)C(=O)C1CCN(S(=O)(=O)c2ccc3c(c2)CCC3)CC1. The van der Waals surface area contributed by atoms with Crippen LogP contribution < -0.4 is 0 Å². The maximum Gasteiger partial charge on any atom is 0.243 e. The van der Waals surface area contributed by atoms with Gasteiger partial charge in [-0.05, 0) is 73.1 Å². The van der Waals surface area contributed by atoms with E-state index in [1.807, 2.05) is 24.3 Å². The Hall–Kier alpha value is -2.95. The zero-order valence-electron chi connectivity index (χ0n) is 18.7. The Labute approximate surface area is 196 Å². The van der Waals surface area contributed by atoms with Crippen LogP contribution in [-0.2, 0) is 34.2 Å². The standard InChI is InChI=1S/C26H29N3O3S/c1-2-14-28(19-21-8-6-20(18-27)7-9-21)26(30)23-12-15-29(16-13-23)33(31,32)25-11-10-22-4-3-5-24(22)17-25/h2,6-11,17,23H,1,3-5,12-16,19H2. The lowest BCUT2D eigenvalue weighted by molar-refractivity contribution is -0.136. The number of nitrogens with zero attached hydrogens (tertiary/aromatic N) is 3. The van der Waals surface area contributed by atoms with Crippen molar-refractivity contribution in [2.45, 2.75) is 43.5 Å². The number of hydrogen-bond donors (Lipinski definition) is 0. The van der Waals surface area contributed by atoms with Gasteiger partial charge in [-0.25, -0.2) is 8.42 Å². The molecule has 1 fully saturated rings. The summed E-state index contributed by atoms with van der Waals surface area (Å²) >= 11 is 0. The van der Waals surface area contributed by atoms with Crippen LogP contribution in [0.4, 0.5) is 0 Å². The molecule has 0 radical (unpaired) electrons. The van der Waals surface area contributed by atoms with Crippen molar-refractivity contribution in [1.29, 1.82) is 5.26 Å². The zero-order chi connectivity index (χ0) is 23.4. The molecule has 1 saturated heterocycles. The van der Waals surface area contributed by atoms with E-state index in [1.54, 1.807) is 29.2 Å². The van der Waals surface area contributed by atoms with Gasteiger partial charge in [0.1, 0.15) is 0 Å². The van der Waals surface area contributed by atoms with Crippen LogP contribution in [0.2, 0.25) is 0 Å². The predicted octanol–water partition coefficient (Wildman–Crippen LogP) is 3.66. The molecule has 2 aromatic carbocycles. The molecule has 1 aliphatic heterocycles. The van der Waals surface area contributed by atoms with Crippen LogP contribution in [0.25, 0.3) is 0 Å². The average molecular weight is 464 g/mol. The van der Waals surface area contributed by atoms with Gasteiger partial charge in [-0.1, -0.05) is 24.3 Å². The molecule has 1 heterocycles. The van der Waals surface area contributed by atoms with Gasteiger partial charge in [0, 0.05) is 32.1 Å². The molecule has 1 aliphatic carbocycles. The molecule has 0 atom stereocenters. The number of piperidine rings is 1. The Kier molecular flexibility index (Phi) is 6.96. The molecule has 2 aliphatic rings. The van der Waals surface area contributed by atoms with Crippen molar-refractivity contribution in [2.75, 3.05) is 19.6 Å². The lowest BCUT2D eigenvalue weighted by Crippen LogP contribution is -2.44. The number of fused-ring (bicyclic) bond motifs is 1. The summed E-state index contributed by atoms with van der Waals surface area (Å²) in [6.45, 7) is 5.32. The predicted molar refractivity (Wildman–Crippen MR) is 127 cm³/mol. The molecule has 0 aromatic heterocycles. The van der Waals surface area contributed by atoms with Gasteiger partial charge < -0.3 is 4.90 Å². The third-order valence-corrected chi connectivity index (χ3v) is 8.52. The van der Waals surface area contributed by atoms with E-state index in [4.69, 9.17) is 5.26 Å². The van der Waals surface area contributed by atoms with Crippen LogP contribution in [-0.4, -0.2) is 43.2 Å². The van der Waals surface area contributed by atoms with E-state index in [9.17, 15) is 13.2 Å². The van der Waals surface area contributed by atoms with Gasteiger partial charge in [0.05, 0.1) is 16.5 Å². The van der Waals surface area contributed by atoms with E-state index in [0.29, 0.717) is 49.5 Å². The van der Waals surface area contributed by atoms with Crippen LogP contribution in [0.1, 0.15) is 41.5 Å². The highest BCUT2D eigenvalue weighted by Gasteiger charge is 2.34. The molecule has 1 amide bonds. The molecule has 0 saturated carbocycles. The van der Waals surface area contributed by atoms with Gasteiger partial charge in [0.25, 0.3) is 0 Å². The summed E-state index contributed by atoms with van der Waals surface area (Å²) in [5, 5.41) is 8.97. The van der Waals surface area contributed by atoms with Crippen LogP contribution in [0.5, 0.6) is 0 Å². The average Bonchev–Trinajstić information content (AvgIpc) is 3.32. The monoisotopic (exact) mass is 463 g/mol. The van der Waals surface area contributed by atoms with E-state index >= 15 is 0 Å². The van der Waals surface area contributed by atoms with E-state index in [-0.39, 0.29) is 11.8 Å². The smallest absolute Gasteiger partial charge is 0.243 e. The summed E-state index contributed by atoms with van der Waals surface area (Å²) in [6.07, 6.45) is 5.75. The van der Waals surface area contributed by atoms with Crippen molar-refractivity contribution >= 4 is 15.9 Å². The van der Waals surface area contributed by atoms with Crippen LogP contribution in [0.3, 0.4) is 0 Å². The minimum atomic E-state index is -3.55. The molecular formula is C26H29N3O3S. The van der Waals surface area contributed by atoms with E-state index in [0.717, 1.165) is 30.4 Å². The first-order valence-corrected chi connectivity index (χ1v) is 12.9. The number of carbonyl (C=O) groups is 1. The fourth-order valence-corrected chi connectivity index (χ4v) is 6.27. The second-order valence-corrected chi connectivity index (χ2v) is 10.7. The quantitative estimate of drug-likeness (QED) is 0.587. The number of sulfonamides is 1. The highest BCUT2D eigenvalue weighted by molar-refractivity contribution is 7.89. The molecule has 7 heteroatoms. The largest absolute Gasteiger partial charge is 0.334 e. The number of amides is 1. The minimum absolute atomic E-state index is 0.0221. The number of hydrogen-bond acceptors (Lipinski definition) is 4. The number of carbonyl (C=O) groups excluding carboxylic acids is 1. The third-order valence-electron chi connectivity index (χ3n) is 6.63. The topological polar surface area (TPSA) is 81.5 Å². The van der Waals surface area contributed by atoms with Crippen LogP contribution in [0, 0.1) is 17.2 Å². The van der Waals surface area contributed by atoms with Gasteiger partial charge in [0.2, 0.25) is 15.9 Å². The summed E-state index contributed by atoms with van der Waals surface area (Å²) in [6, 6.07) is 14.8. The van der Waals surface area contributed by atoms with Crippen molar-refractivity contribution in [3.63, 3.8) is 0 Å². The summed E-state index contributed by atoms with van der Waals surface area (Å²) < 4.78 is 27.9. The second-order valence-electron chi connectivity index (χ2n) is 8.78. The second kappa shape index (κ2) is 9.90. The summed E-state index contributed by atoms with van der Waals surface area (Å²) in [5.74, 6) is -0.191. The number of rotatable bonds is 7. The fraction of sp³-hybridized carbons (Fsp3) is 0.385.